The first kappa shape index (κ1) is 24.6. The highest BCUT2D eigenvalue weighted by Gasteiger charge is 2.26. The lowest BCUT2D eigenvalue weighted by Crippen LogP contribution is -2.32. The molecule has 0 aliphatic carbocycles. The standard InChI is InChI=1S/C22H24F2N2O6S/c23-22(24)32-19-11-4-3-10-18(19)25-20(27)15-31-21(28)16-8-7-9-17(14-16)33(29,30)26-12-5-1-2-6-13-26/h3-4,7-11,14,22H,1-2,5-6,12-13,15H2,(H,25,27). The van der Waals surface area contributed by atoms with Crippen molar-refractivity contribution in [2.45, 2.75) is 37.2 Å². The van der Waals surface area contributed by atoms with E-state index in [2.05, 4.69) is 10.1 Å². The van der Waals surface area contributed by atoms with E-state index < -0.39 is 35.1 Å². The molecule has 0 bridgehead atoms. The summed E-state index contributed by atoms with van der Waals surface area (Å²) in [6, 6.07) is 11.0. The number of nitrogens with one attached hydrogen (secondary N) is 1. The first-order valence-corrected chi connectivity index (χ1v) is 11.8. The van der Waals surface area contributed by atoms with Crippen molar-refractivity contribution in [3.05, 3.63) is 54.1 Å². The Morgan fingerprint density at radius 2 is 1.70 bits per heavy atom. The topological polar surface area (TPSA) is 102 Å². The molecule has 1 aliphatic heterocycles. The van der Waals surface area contributed by atoms with Gasteiger partial charge in [-0.1, -0.05) is 31.0 Å². The van der Waals surface area contributed by atoms with E-state index in [4.69, 9.17) is 4.74 Å². The summed E-state index contributed by atoms with van der Waals surface area (Å²) in [4.78, 5) is 24.5. The second-order valence-corrected chi connectivity index (χ2v) is 9.28. The zero-order valence-electron chi connectivity index (χ0n) is 17.7. The van der Waals surface area contributed by atoms with Gasteiger partial charge in [-0.25, -0.2) is 13.2 Å². The van der Waals surface area contributed by atoms with E-state index in [9.17, 15) is 26.8 Å². The van der Waals surface area contributed by atoms with Crippen molar-refractivity contribution in [1.29, 1.82) is 0 Å². The third-order valence-electron chi connectivity index (χ3n) is 4.98. The summed E-state index contributed by atoms with van der Waals surface area (Å²) in [7, 11) is -3.76. The van der Waals surface area contributed by atoms with E-state index in [0.29, 0.717) is 13.1 Å². The zero-order chi connectivity index (χ0) is 23.8. The third kappa shape index (κ3) is 6.72. The number of anilines is 1. The second kappa shape index (κ2) is 11.2. The summed E-state index contributed by atoms with van der Waals surface area (Å²) in [6.07, 6.45) is 3.50. The Morgan fingerprint density at radius 1 is 1.00 bits per heavy atom. The van der Waals surface area contributed by atoms with Crippen LogP contribution in [0.5, 0.6) is 5.75 Å². The maximum absolute atomic E-state index is 12.9. The van der Waals surface area contributed by atoms with Crippen LogP contribution in [0, 0.1) is 0 Å². The largest absolute Gasteiger partial charge is 0.452 e. The highest BCUT2D eigenvalue weighted by Crippen LogP contribution is 2.25. The van der Waals surface area contributed by atoms with Crippen LogP contribution < -0.4 is 10.1 Å². The van der Waals surface area contributed by atoms with Crippen LogP contribution in [-0.2, 0) is 19.6 Å². The van der Waals surface area contributed by atoms with Crippen LogP contribution in [0.4, 0.5) is 14.5 Å². The average Bonchev–Trinajstić information content (AvgIpc) is 3.09. The Hall–Kier alpha value is -3.05. The normalized spacial score (nSPS) is 15.0. The maximum Gasteiger partial charge on any atom is 0.387 e. The quantitative estimate of drug-likeness (QED) is 0.577. The van der Waals surface area contributed by atoms with Gasteiger partial charge in [-0.05, 0) is 43.2 Å². The lowest BCUT2D eigenvalue weighted by molar-refractivity contribution is -0.119. The number of halogens is 2. The number of sulfonamides is 1. The van der Waals surface area contributed by atoms with Gasteiger partial charge in [0.2, 0.25) is 10.0 Å². The molecule has 1 saturated heterocycles. The van der Waals surface area contributed by atoms with Gasteiger partial charge in [0.25, 0.3) is 5.91 Å². The van der Waals surface area contributed by atoms with Crippen LogP contribution in [0.15, 0.2) is 53.4 Å². The van der Waals surface area contributed by atoms with Gasteiger partial charge in [0.1, 0.15) is 5.75 Å². The molecule has 0 atom stereocenters. The molecule has 0 spiro atoms. The van der Waals surface area contributed by atoms with Crippen LogP contribution >= 0.6 is 0 Å². The van der Waals surface area contributed by atoms with Gasteiger partial charge in [0, 0.05) is 13.1 Å². The fourth-order valence-electron chi connectivity index (χ4n) is 3.38. The molecule has 2 aromatic carbocycles. The summed E-state index contributed by atoms with van der Waals surface area (Å²) in [6.45, 7) is -2.92. The molecule has 2 aromatic rings. The SMILES string of the molecule is O=C(COC(=O)c1cccc(S(=O)(=O)N2CCCCCC2)c1)Nc1ccccc1OC(F)F. The summed E-state index contributed by atoms with van der Waals surface area (Å²) in [5, 5.41) is 2.33. The number of carbonyl (C=O) groups is 2. The van der Waals surface area contributed by atoms with Gasteiger partial charge in [-0.15, -0.1) is 0 Å². The smallest absolute Gasteiger partial charge is 0.387 e. The third-order valence-corrected chi connectivity index (χ3v) is 6.88. The minimum absolute atomic E-state index is 0.00982. The first-order valence-electron chi connectivity index (χ1n) is 10.4. The van der Waals surface area contributed by atoms with Crippen LogP contribution in [0.25, 0.3) is 0 Å². The molecule has 1 amide bonds. The number of amides is 1. The molecule has 3 rings (SSSR count). The Morgan fingerprint density at radius 3 is 2.39 bits per heavy atom. The molecular formula is C22H24F2N2O6S. The van der Waals surface area contributed by atoms with Crippen molar-refractivity contribution in [2.75, 3.05) is 25.0 Å². The summed E-state index contributed by atoms with van der Waals surface area (Å²) in [5.41, 5.74) is -0.0375. The molecule has 1 aliphatic rings. The first-order chi connectivity index (χ1) is 15.8. The number of para-hydroxylation sites is 2. The molecule has 0 aromatic heterocycles. The number of esters is 1. The van der Waals surface area contributed by atoms with Crippen LogP contribution in [0.2, 0.25) is 0 Å². The number of nitrogens with zero attached hydrogens (tertiary/aromatic N) is 1. The minimum Gasteiger partial charge on any atom is -0.452 e. The van der Waals surface area contributed by atoms with E-state index in [1.165, 1.54) is 52.8 Å². The number of carbonyl (C=O) groups excluding carboxylic acids is 2. The number of hydrogen-bond donors (Lipinski definition) is 1. The zero-order valence-corrected chi connectivity index (χ0v) is 18.5. The number of rotatable bonds is 8. The molecule has 1 fully saturated rings. The lowest BCUT2D eigenvalue weighted by Gasteiger charge is -2.20. The van der Waals surface area contributed by atoms with Crippen molar-refractivity contribution < 1.29 is 36.3 Å². The number of alkyl halides is 2. The van der Waals surface area contributed by atoms with E-state index in [1.54, 1.807) is 0 Å². The van der Waals surface area contributed by atoms with Crippen LogP contribution in [0.1, 0.15) is 36.0 Å². The van der Waals surface area contributed by atoms with Gasteiger partial charge >= 0.3 is 12.6 Å². The van der Waals surface area contributed by atoms with Crippen LogP contribution in [-0.4, -0.2) is 50.9 Å². The molecule has 1 heterocycles. The van der Waals surface area contributed by atoms with Gasteiger partial charge in [-0.2, -0.15) is 13.1 Å². The Balaban J connectivity index is 1.63. The van der Waals surface area contributed by atoms with E-state index in [0.717, 1.165) is 25.7 Å². The van der Waals surface area contributed by atoms with Crippen molar-refractivity contribution in [3.63, 3.8) is 0 Å². The molecule has 178 valence electrons. The van der Waals surface area contributed by atoms with E-state index in [1.807, 2.05) is 0 Å². The van der Waals surface area contributed by atoms with Crippen molar-refractivity contribution in [1.82, 2.24) is 4.31 Å². The number of benzene rings is 2. The fraction of sp³-hybridized carbons (Fsp3) is 0.364. The molecule has 1 N–H and O–H groups in total. The molecule has 0 unspecified atom stereocenters. The summed E-state index contributed by atoms with van der Waals surface area (Å²) < 4.78 is 61.6. The molecule has 33 heavy (non-hydrogen) atoms. The van der Waals surface area contributed by atoms with Crippen molar-refractivity contribution >= 4 is 27.6 Å². The van der Waals surface area contributed by atoms with E-state index in [-0.39, 0.29) is 21.9 Å². The molecule has 0 radical (unpaired) electrons. The average molecular weight is 483 g/mol. The highest BCUT2D eigenvalue weighted by atomic mass is 32.2. The molecule has 0 saturated carbocycles. The predicted molar refractivity (Wildman–Crippen MR) is 116 cm³/mol. The Kier molecular flexibility index (Phi) is 8.34. The van der Waals surface area contributed by atoms with Gasteiger partial charge in [0.15, 0.2) is 6.61 Å². The molecule has 8 nitrogen and oxygen atoms in total. The monoisotopic (exact) mass is 482 g/mol. The number of hydrogen-bond acceptors (Lipinski definition) is 6. The van der Waals surface area contributed by atoms with Gasteiger partial charge in [0.05, 0.1) is 16.1 Å². The summed E-state index contributed by atoms with van der Waals surface area (Å²) in [5.74, 6) is -1.91. The highest BCUT2D eigenvalue weighted by molar-refractivity contribution is 7.89. The van der Waals surface area contributed by atoms with Gasteiger partial charge in [-0.3, -0.25) is 4.79 Å². The fourth-order valence-corrected chi connectivity index (χ4v) is 4.95. The van der Waals surface area contributed by atoms with Crippen molar-refractivity contribution in [3.8, 4) is 5.75 Å². The van der Waals surface area contributed by atoms with E-state index >= 15 is 0 Å². The van der Waals surface area contributed by atoms with Gasteiger partial charge < -0.3 is 14.8 Å². The Bertz CT molecular complexity index is 1090. The molecular weight excluding hydrogens is 458 g/mol. The van der Waals surface area contributed by atoms with Crippen molar-refractivity contribution in [2.24, 2.45) is 0 Å². The van der Waals surface area contributed by atoms with Crippen LogP contribution in [0.3, 0.4) is 0 Å². The predicted octanol–water partition coefficient (Wildman–Crippen LogP) is 3.65. The summed E-state index contributed by atoms with van der Waals surface area (Å²) >= 11 is 0. The molecule has 11 heteroatoms. The second-order valence-electron chi connectivity index (χ2n) is 7.35. The number of ether oxygens (including phenoxy) is 2. The maximum atomic E-state index is 12.9. The lowest BCUT2D eigenvalue weighted by atomic mass is 10.2. The minimum atomic E-state index is -3.76. The Labute approximate surface area is 190 Å².